The van der Waals surface area contributed by atoms with Gasteiger partial charge in [-0.25, -0.2) is 0 Å². The summed E-state index contributed by atoms with van der Waals surface area (Å²) in [6.45, 7) is 7.92. The molecule has 2 heterocycles. The molecule has 0 spiro atoms. The molecule has 32 heavy (non-hydrogen) atoms. The summed E-state index contributed by atoms with van der Waals surface area (Å²) >= 11 is 8.05. The molecule has 1 fully saturated rings. The molecule has 1 N–H and O–H groups in total. The number of likely N-dealkylation sites (N-methyl/N-ethyl adjacent to an activating group) is 1. The molecule has 0 aliphatic carbocycles. The fraction of sp³-hybridized carbons (Fsp3) is 0.727. The van der Waals surface area contributed by atoms with Crippen LogP contribution in [0.4, 0.5) is 5.69 Å². The van der Waals surface area contributed by atoms with Gasteiger partial charge in [-0.05, 0) is 31.3 Å². The van der Waals surface area contributed by atoms with Gasteiger partial charge in [-0.3, -0.25) is 0 Å². The fourth-order valence-corrected chi connectivity index (χ4v) is 5.84. The maximum atomic E-state index is 10.1. The number of aliphatic hydroxyl groups is 1. The van der Waals surface area contributed by atoms with Gasteiger partial charge in [-0.1, -0.05) is 25.4 Å². The van der Waals surface area contributed by atoms with Crippen LogP contribution in [-0.4, -0.2) is 100 Å². The lowest BCUT2D eigenvalue weighted by molar-refractivity contribution is -0.239. The smallest absolute Gasteiger partial charge is 0.146 e. The van der Waals surface area contributed by atoms with Crippen LogP contribution in [0.25, 0.3) is 0 Å². The van der Waals surface area contributed by atoms with Crippen molar-refractivity contribution in [2.24, 2.45) is 0 Å². The van der Waals surface area contributed by atoms with Gasteiger partial charge in [0, 0.05) is 37.2 Å². The number of nitrogens with zero attached hydrogens (tertiary/aromatic N) is 2. The van der Waals surface area contributed by atoms with Crippen molar-refractivity contribution < 1.29 is 28.8 Å². The first-order valence-electron chi connectivity index (χ1n) is 11.0. The second kappa shape index (κ2) is 12.7. The number of thioether (sulfide) groups is 1. The van der Waals surface area contributed by atoms with Crippen molar-refractivity contribution in [3.05, 3.63) is 23.2 Å². The lowest BCUT2D eigenvalue weighted by Gasteiger charge is -2.52. The average Bonchev–Trinajstić information content (AvgIpc) is 2.81. The number of ether oxygens (including phenoxy) is 5. The third-order valence-corrected chi connectivity index (χ3v) is 7.51. The van der Waals surface area contributed by atoms with E-state index < -0.39 is 12.2 Å². The molecule has 5 atom stereocenters. The summed E-state index contributed by atoms with van der Waals surface area (Å²) in [7, 11) is 3.16. The molecule has 1 aromatic rings. The van der Waals surface area contributed by atoms with Crippen LogP contribution in [0, 0.1) is 0 Å². The number of fused-ring (bicyclic) bond motifs is 2. The van der Waals surface area contributed by atoms with E-state index in [0.717, 1.165) is 36.8 Å². The average molecular weight is 491 g/mol. The Bertz CT molecular complexity index is 713. The number of benzene rings is 1. The molecule has 10 heteroatoms. The maximum Gasteiger partial charge on any atom is 0.146 e. The first kappa shape index (κ1) is 26.0. The van der Waals surface area contributed by atoms with Gasteiger partial charge < -0.3 is 38.6 Å². The standard InChI is InChI=1S/C22H35ClN2O6S/c1-5-24(6-2)9-10-25-16-11-15(23)7-8-18(16)32-21-20(30-14-28-4)19(29-13-27-3)17(12-26)31-22(21)25/h7-8,11,17,19-22,26H,5-6,9-10,12-14H2,1-4H3/t17-,19-,20+,21+,22-/m1/s1. The van der Waals surface area contributed by atoms with Gasteiger partial charge >= 0.3 is 0 Å². The number of anilines is 1. The number of rotatable bonds is 12. The van der Waals surface area contributed by atoms with E-state index in [1.165, 1.54) is 0 Å². The number of methoxy groups -OCH3 is 2. The second-order valence-electron chi connectivity index (χ2n) is 7.74. The molecule has 0 aromatic heterocycles. The Balaban J connectivity index is 1.96. The fourth-order valence-electron chi connectivity index (χ4n) is 4.24. The molecule has 2 aliphatic heterocycles. The Hall–Kier alpha value is -0.620. The van der Waals surface area contributed by atoms with Gasteiger partial charge in [0.2, 0.25) is 0 Å². The molecule has 0 unspecified atom stereocenters. The summed E-state index contributed by atoms with van der Waals surface area (Å²) in [5, 5.41) is 10.7. The molecule has 0 radical (unpaired) electrons. The summed E-state index contributed by atoms with van der Waals surface area (Å²) < 4.78 is 28.8. The minimum absolute atomic E-state index is 0.0806. The van der Waals surface area contributed by atoms with E-state index in [1.807, 2.05) is 18.2 Å². The van der Waals surface area contributed by atoms with E-state index in [0.29, 0.717) is 5.02 Å². The van der Waals surface area contributed by atoms with E-state index >= 15 is 0 Å². The molecule has 1 saturated heterocycles. The molecule has 1 aromatic carbocycles. The van der Waals surface area contributed by atoms with Crippen LogP contribution >= 0.6 is 23.4 Å². The molecular weight excluding hydrogens is 456 g/mol. The van der Waals surface area contributed by atoms with E-state index in [2.05, 4.69) is 23.6 Å². The maximum absolute atomic E-state index is 10.1. The number of hydrogen-bond acceptors (Lipinski definition) is 9. The SMILES string of the molecule is CCN(CC)CCN1c2cc(Cl)ccc2S[C@H]2[C@@H](OCOC)[C@H](OCOC)[C@@H](CO)O[C@H]21. The van der Waals surface area contributed by atoms with Crippen molar-refractivity contribution in [3.8, 4) is 0 Å². The third kappa shape index (κ3) is 5.89. The number of halogens is 1. The van der Waals surface area contributed by atoms with Crippen molar-refractivity contribution in [1.82, 2.24) is 4.90 Å². The highest BCUT2D eigenvalue weighted by Crippen LogP contribution is 2.48. The first-order valence-corrected chi connectivity index (χ1v) is 12.3. The molecule has 2 aliphatic rings. The van der Waals surface area contributed by atoms with Gasteiger partial charge in [-0.15, -0.1) is 11.8 Å². The highest BCUT2D eigenvalue weighted by atomic mass is 35.5. The van der Waals surface area contributed by atoms with Crippen LogP contribution in [-0.2, 0) is 23.7 Å². The summed E-state index contributed by atoms with van der Waals surface area (Å²) in [6.07, 6.45) is -1.75. The van der Waals surface area contributed by atoms with Crippen LogP contribution in [0.2, 0.25) is 5.02 Å². The highest BCUT2D eigenvalue weighted by Gasteiger charge is 2.52. The Morgan fingerprint density at radius 1 is 1.12 bits per heavy atom. The largest absolute Gasteiger partial charge is 0.394 e. The summed E-state index contributed by atoms with van der Waals surface area (Å²) in [5.41, 5.74) is 1.04. The minimum atomic E-state index is -0.564. The molecule has 0 amide bonds. The number of hydrogen-bond donors (Lipinski definition) is 1. The summed E-state index contributed by atoms with van der Waals surface area (Å²) in [5.74, 6) is 0. The van der Waals surface area contributed by atoms with Crippen molar-refractivity contribution in [3.63, 3.8) is 0 Å². The zero-order valence-corrected chi connectivity index (χ0v) is 20.8. The predicted molar refractivity (Wildman–Crippen MR) is 125 cm³/mol. The van der Waals surface area contributed by atoms with Gasteiger partial charge in [0.05, 0.1) is 17.5 Å². The quantitative estimate of drug-likeness (QED) is 0.445. The van der Waals surface area contributed by atoms with Crippen molar-refractivity contribution in [1.29, 1.82) is 0 Å². The second-order valence-corrected chi connectivity index (χ2v) is 9.39. The lowest BCUT2D eigenvalue weighted by atomic mass is 9.98. The zero-order chi connectivity index (χ0) is 23.1. The van der Waals surface area contributed by atoms with Crippen LogP contribution < -0.4 is 4.90 Å². The molecule has 0 bridgehead atoms. The van der Waals surface area contributed by atoms with Gasteiger partial charge in [0.15, 0.2) is 0 Å². The third-order valence-electron chi connectivity index (χ3n) is 5.90. The van der Waals surface area contributed by atoms with Crippen LogP contribution in [0.1, 0.15) is 13.8 Å². The predicted octanol–water partition coefficient (Wildman–Crippen LogP) is 2.66. The number of aliphatic hydroxyl groups excluding tert-OH is 1. The minimum Gasteiger partial charge on any atom is -0.394 e. The van der Waals surface area contributed by atoms with E-state index in [4.69, 9.17) is 35.3 Å². The highest BCUT2D eigenvalue weighted by molar-refractivity contribution is 8.00. The molecular formula is C22H35ClN2O6S. The van der Waals surface area contributed by atoms with Gasteiger partial charge in [-0.2, -0.15) is 0 Å². The normalized spacial score (nSPS) is 27.5. The Labute approximate surface area is 200 Å². The van der Waals surface area contributed by atoms with Crippen LogP contribution in [0.5, 0.6) is 0 Å². The topological polar surface area (TPSA) is 72.9 Å². The Morgan fingerprint density at radius 3 is 2.44 bits per heavy atom. The summed E-state index contributed by atoms with van der Waals surface area (Å²) in [4.78, 5) is 5.73. The first-order chi connectivity index (χ1) is 15.6. The van der Waals surface area contributed by atoms with Gasteiger partial charge in [0.25, 0.3) is 0 Å². The van der Waals surface area contributed by atoms with Crippen molar-refractivity contribution in [2.75, 3.05) is 65.5 Å². The molecule has 182 valence electrons. The van der Waals surface area contributed by atoms with Crippen molar-refractivity contribution >= 4 is 29.1 Å². The van der Waals surface area contributed by atoms with Gasteiger partial charge in [0.1, 0.15) is 38.1 Å². The van der Waals surface area contributed by atoms with Crippen LogP contribution in [0.15, 0.2) is 23.1 Å². The molecule has 8 nitrogen and oxygen atoms in total. The summed E-state index contributed by atoms with van der Waals surface area (Å²) in [6, 6.07) is 5.93. The van der Waals surface area contributed by atoms with E-state index in [-0.39, 0.29) is 37.8 Å². The molecule has 3 rings (SSSR count). The van der Waals surface area contributed by atoms with E-state index in [9.17, 15) is 5.11 Å². The van der Waals surface area contributed by atoms with Crippen molar-refractivity contribution in [2.45, 2.75) is 48.5 Å². The monoisotopic (exact) mass is 490 g/mol. The zero-order valence-electron chi connectivity index (χ0n) is 19.2. The Kier molecular flexibility index (Phi) is 10.3. The van der Waals surface area contributed by atoms with E-state index in [1.54, 1.807) is 26.0 Å². The Morgan fingerprint density at radius 2 is 1.81 bits per heavy atom. The molecule has 0 saturated carbocycles. The lowest BCUT2D eigenvalue weighted by Crippen LogP contribution is -2.65. The van der Waals surface area contributed by atoms with Crippen LogP contribution in [0.3, 0.4) is 0 Å².